The van der Waals surface area contributed by atoms with Gasteiger partial charge in [0.15, 0.2) is 9.84 Å². The van der Waals surface area contributed by atoms with Gasteiger partial charge in [-0.05, 0) is 25.7 Å². The fourth-order valence-electron chi connectivity index (χ4n) is 3.43. The predicted molar refractivity (Wildman–Crippen MR) is 75.6 cm³/mol. The first-order valence-corrected chi connectivity index (χ1v) is 9.34. The van der Waals surface area contributed by atoms with Crippen molar-refractivity contribution in [1.29, 1.82) is 0 Å². The minimum Gasteiger partial charge on any atom is -0.339 e. The van der Waals surface area contributed by atoms with Crippen LogP contribution in [0.4, 0.5) is 0 Å². The molecule has 5 heteroatoms. The Balaban J connectivity index is 1.84. The molecule has 0 spiro atoms. The molecule has 1 amide bonds. The van der Waals surface area contributed by atoms with Gasteiger partial charge in [-0.1, -0.05) is 25.7 Å². The Bertz CT molecular complexity index is 412. The highest BCUT2D eigenvalue weighted by molar-refractivity contribution is 7.91. The van der Waals surface area contributed by atoms with Crippen LogP contribution < -0.4 is 0 Å². The molecular weight excluding hydrogens is 262 g/mol. The third-order valence-electron chi connectivity index (χ3n) is 4.55. The molecule has 1 aliphatic carbocycles. The van der Waals surface area contributed by atoms with Crippen LogP contribution in [0, 0.1) is 5.92 Å². The summed E-state index contributed by atoms with van der Waals surface area (Å²) in [6.45, 7) is 2.57. The summed E-state index contributed by atoms with van der Waals surface area (Å²) in [5.41, 5.74) is 0. The molecule has 0 radical (unpaired) electrons. The standard InChI is InChI=1S/C14H25NO3S/c1-2-15(13-9-10-19(17,18)11-13)14(16)8-7-12-5-3-4-6-12/h12-13H,2-11H2,1H3. The van der Waals surface area contributed by atoms with E-state index >= 15 is 0 Å². The Morgan fingerprint density at radius 1 is 1.21 bits per heavy atom. The Hall–Kier alpha value is -0.580. The van der Waals surface area contributed by atoms with E-state index in [-0.39, 0.29) is 23.5 Å². The van der Waals surface area contributed by atoms with Gasteiger partial charge in [-0.3, -0.25) is 4.79 Å². The second-order valence-electron chi connectivity index (χ2n) is 5.93. The molecule has 2 aliphatic rings. The molecule has 0 N–H and O–H groups in total. The number of amides is 1. The molecule has 1 heterocycles. The Labute approximate surface area is 116 Å². The fourth-order valence-corrected chi connectivity index (χ4v) is 5.16. The Kier molecular flexibility index (Phi) is 4.87. The van der Waals surface area contributed by atoms with Gasteiger partial charge in [-0.25, -0.2) is 8.42 Å². The lowest BCUT2D eigenvalue weighted by Gasteiger charge is -2.27. The summed E-state index contributed by atoms with van der Waals surface area (Å²) in [4.78, 5) is 14.1. The summed E-state index contributed by atoms with van der Waals surface area (Å²) in [7, 11) is -2.91. The molecule has 0 bridgehead atoms. The lowest BCUT2D eigenvalue weighted by atomic mass is 10.0. The van der Waals surface area contributed by atoms with Gasteiger partial charge in [0.2, 0.25) is 5.91 Å². The van der Waals surface area contributed by atoms with E-state index in [1.807, 2.05) is 6.92 Å². The molecule has 0 aromatic rings. The molecule has 1 saturated carbocycles. The fraction of sp³-hybridized carbons (Fsp3) is 0.929. The smallest absolute Gasteiger partial charge is 0.222 e. The van der Waals surface area contributed by atoms with Crippen molar-refractivity contribution in [3.63, 3.8) is 0 Å². The topological polar surface area (TPSA) is 54.5 Å². The molecule has 1 atom stereocenters. The van der Waals surface area contributed by atoms with Crippen molar-refractivity contribution in [3.05, 3.63) is 0 Å². The quantitative estimate of drug-likeness (QED) is 0.777. The van der Waals surface area contributed by atoms with Crippen LogP contribution in [0.25, 0.3) is 0 Å². The van der Waals surface area contributed by atoms with Crippen molar-refractivity contribution in [2.45, 2.75) is 57.9 Å². The minimum atomic E-state index is -2.91. The zero-order chi connectivity index (χ0) is 13.9. The van der Waals surface area contributed by atoms with Crippen molar-refractivity contribution < 1.29 is 13.2 Å². The number of carbonyl (C=O) groups is 1. The molecule has 1 saturated heterocycles. The molecule has 110 valence electrons. The maximum Gasteiger partial charge on any atom is 0.222 e. The summed E-state index contributed by atoms with van der Waals surface area (Å²) in [5, 5.41) is 0. The maximum absolute atomic E-state index is 12.3. The average molecular weight is 287 g/mol. The molecule has 4 nitrogen and oxygen atoms in total. The van der Waals surface area contributed by atoms with Crippen molar-refractivity contribution in [1.82, 2.24) is 4.90 Å². The molecule has 1 unspecified atom stereocenters. The highest BCUT2D eigenvalue weighted by Gasteiger charge is 2.33. The van der Waals surface area contributed by atoms with Crippen molar-refractivity contribution in [3.8, 4) is 0 Å². The second-order valence-corrected chi connectivity index (χ2v) is 8.15. The van der Waals surface area contributed by atoms with Gasteiger partial charge in [0.05, 0.1) is 11.5 Å². The van der Waals surface area contributed by atoms with Crippen molar-refractivity contribution >= 4 is 15.7 Å². The number of hydrogen-bond donors (Lipinski definition) is 0. The summed E-state index contributed by atoms with van der Waals surface area (Å²) in [6, 6.07) is -0.0777. The minimum absolute atomic E-state index is 0.0777. The van der Waals surface area contributed by atoms with Crippen LogP contribution in [0.1, 0.15) is 51.9 Å². The number of hydrogen-bond acceptors (Lipinski definition) is 3. The second kappa shape index (κ2) is 6.25. The lowest BCUT2D eigenvalue weighted by Crippen LogP contribution is -2.41. The van der Waals surface area contributed by atoms with Gasteiger partial charge in [-0.2, -0.15) is 0 Å². The first-order chi connectivity index (χ1) is 9.02. The molecule has 1 aliphatic heterocycles. The average Bonchev–Trinajstić information content (AvgIpc) is 2.97. The van der Waals surface area contributed by atoms with Crippen LogP contribution in [0.3, 0.4) is 0 Å². The van der Waals surface area contributed by atoms with E-state index in [0.29, 0.717) is 19.4 Å². The van der Waals surface area contributed by atoms with Gasteiger partial charge in [0.1, 0.15) is 0 Å². The SMILES string of the molecule is CCN(C(=O)CCC1CCCC1)C1CCS(=O)(=O)C1. The van der Waals surface area contributed by atoms with Gasteiger partial charge in [0, 0.05) is 19.0 Å². The predicted octanol–water partition coefficient (Wildman–Crippen LogP) is 1.99. The normalized spacial score (nSPS) is 26.7. The highest BCUT2D eigenvalue weighted by atomic mass is 32.2. The van der Waals surface area contributed by atoms with Crippen LogP contribution in [-0.2, 0) is 14.6 Å². The lowest BCUT2D eigenvalue weighted by molar-refractivity contribution is -0.133. The summed E-state index contributed by atoms with van der Waals surface area (Å²) in [6.07, 6.45) is 7.32. The monoisotopic (exact) mass is 287 g/mol. The van der Waals surface area contributed by atoms with Gasteiger partial charge < -0.3 is 4.90 Å². The zero-order valence-corrected chi connectivity index (χ0v) is 12.6. The zero-order valence-electron chi connectivity index (χ0n) is 11.8. The summed E-state index contributed by atoms with van der Waals surface area (Å²) in [5.74, 6) is 1.27. The molecule has 0 aromatic heterocycles. The third-order valence-corrected chi connectivity index (χ3v) is 6.30. The van der Waals surface area contributed by atoms with Crippen molar-refractivity contribution in [2.24, 2.45) is 5.92 Å². The molecule has 2 fully saturated rings. The van der Waals surface area contributed by atoms with E-state index in [0.717, 1.165) is 12.3 Å². The maximum atomic E-state index is 12.3. The number of sulfone groups is 1. The van der Waals surface area contributed by atoms with Gasteiger partial charge >= 0.3 is 0 Å². The molecule has 2 rings (SSSR count). The van der Waals surface area contributed by atoms with Crippen LogP contribution in [0.15, 0.2) is 0 Å². The van der Waals surface area contributed by atoms with E-state index in [2.05, 4.69) is 0 Å². The van der Waals surface area contributed by atoms with E-state index in [1.54, 1.807) is 4.90 Å². The van der Waals surface area contributed by atoms with E-state index in [9.17, 15) is 13.2 Å². The number of carbonyl (C=O) groups excluding carboxylic acids is 1. The molecule has 0 aromatic carbocycles. The van der Waals surface area contributed by atoms with Crippen molar-refractivity contribution in [2.75, 3.05) is 18.1 Å². The summed E-state index contributed by atoms with van der Waals surface area (Å²) < 4.78 is 23.0. The van der Waals surface area contributed by atoms with Crippen LogP contribution >= 0.6 is 0 Å². The largest absolute Gasteiger partial charge is 0.339 e. The van der Waals surface area contributed by atoms with E-state index in [4.69, 9.17) is 0 Å². The van der Waals surface area contributed by atoms with E-state index < -0.39 is 9.84 Å². The Morgan fingerprint density at radius 3 is 2.42 bits per heavy atom. The van der Waals surface area contributed by atoms with Gasteiger partial charge in [-0.15, -0.1) is 0 Å². The summed E-state index contributed by atoms with van der Waals surface area (Å²) >= 11 is 0. The van der Waals surface area contributed by atoms with Crippen LogP contribution in [-0.4, -0.2) is 43.3 Å². The van der Waals surface area contributed by atoms with Gasteiger partial charge in [0.25, 0.3) is 0 Å². The third kappa shape index (κ3) is 3.94. The highest BCUT2D eigenvalue weighted by Crippen LogP contribution is 2.29. The number of rotatable bonds is 5. The van der Waals surface area contributed by atoms with E-state index in [1.165, 1.54) is 25.7 Å². The van der Waals surface area contributed by atoms with Crippen LogP contribution in [0.2, 0.25) is 0 Å². The number of nitrogens with zero attached hydrogens (tertiary/aromatic N) is 1. The Morgan fingerprint density at radius 2 is 1.89 bits per heavy atom. The first kappa shape index (κ1) is 14.8. The molecular formula is C14H25NO3S. The molecule has 19 heavy (non-hydrogen) atoms. The first-order valence-electron chi connectivity index (χ1n) is 7.51. The van der Waals surface area contributed by atoms with Crippen LogP contribution in [0.5, 0.6) is 0 Å².